The summed E-state index contributed by atoms with van der Waals surface area (Å²) >= 11 is 0. The molecule has 0 aliphatic heterocycles. The van der Waals surface area contributed by atoms with Gasteiger partial charge in [-0.1, -0.05) is 33.8 Å². The number of carbonyl (C=O) groups is 1. The van der Waals surface area contributed by atoms with Crippen molar-refractivity contribution in [2.24, 2.45) is 0 Å². The summed E-state index contributed by atoms with van der Waals surface area (Å²) in [6, 6.07) is 5.52. The molecule has 0 spiro atoms. The second-order valence-corrected chi connectivity index (χ2v) is 8.28. The van der Waals surface area contributed by atoms with Gasteiger partial charge in [-0.15, -0.1) is 0 Å². The van der Waals surface area contributed by atoms with Gasteiger partial charge in [-0.3, -0.25) is 9.59 Å². The second kappa shape index (κ2) is 7.54. The van der Waals surface area contributed by atoms with Gasteiger partial charge in [0, 0.05) is 28.7 Å². The first-order chi connectivity index (χ1) is 13.6. The number of hydrogen-bond donors (Lipinski definition) is 0. The van der Waals surface area contributed by atoms with E-state index in [-0.39, 0.29) is 17.3 Å². The SMILES string of the molecule is COc1c(C(C)C)cc2c(=O)cc3c(cc2c1OC)C=CC(OC(C)=O)C3(C)C. The van der Waals surface area contributed by atoms with E-state index < -0.39 is 11.5 Å². The fourth-order valence-corrected chi connectivity index (χ4v) is 4.04. The Morgan fingerprint density at radius 2 is 1.69 bits per heavy atom. The molecular formula is C24H28O5. The molecule has 1 unspecified atom stereocenters. The standard InChI is InChI=1S/C24H28O5/c1-13(2)16-11-17-18(23(28-7)22(16)27-6)10-15-8-9-21(29-14(3)25)24(4,5)19(15)12-20(17)26/h8-13,21H,1-7H3. The molecule has 1 aliphatic carbocycles. The van der Waals surface area contributed by atoms with Crippen LogP contribution in [-0.2, 0) is 14.9 Å². The number of benzene rings is 1. The Morgan fingerprint density at radius 1 is 1.03 bits per heavy atom. The van der Waals surface area contributed by atoms with Crippen molar-refractivity contribution in [3.63, 3.8) is 0 Å². The first kappa shape index (κ1) is 20.9. The zero-order valence-electron chi connectivity index (χ0n) is 18.1. The second-order valence-electron chi connectivity index (χ2n) is 8.28. The highest BCUT2D eigenvalue weighted by molar-refractivity contribution is 5.93. The minimum Gasteiger partial charge on any atom is -0.493 e. The van der Waals surface area contributed by atoms with Crippen molar-refractivity contribution in [2.45, 2.75) is 52.1 Å². The Kier molecular flexibility index (Phi) is 5.44. The number of fused-ring (bicyclic) bond motifs is 2. The molecule has 5 nitrogen and oxygen atoms in total. The van der Waals surface area contributed by atoms with Gasteiger partial charge in [0.15, 0.2) is 16.9 Å². The number of ether oxygens (including phenoxy) is 3. The Morgan fingerprint density at radius 3 is 2.24 bits per heavy atom. The molecule has 1 atom stereocenters. The lowest BCUT2D eigenvalue weighted by Gasteiger charge is -2.35. The van der Waals surface area contributed by atoms with Gasteiger partial charge < -0.3 is 14.2 Å². The van der Waals surface area contributed by atoms with Crippen LogP contribution < -0.4 is 14.9 Å². The Labute approximate surface area is 171 Å². The third-order valence-electron chi connectivity index (χ3n) is 5.63. The monoisotopic (exact) mass is 396 g/mol. The van der Waals surface area contributed by atoms with Crippen LogP contribution in [0.5, 0.6) is 11.5 Å². The van der Waals surface area contributed by atoms with Crippen LogP contribution in [0.25, 0.3) is 16.8 Å². The van der Waals surface area contributed by atoms with Crippen molar-refractivity contribution in [1.29, 1.82) is 0 Å². The molecule has 3 rings (SSSR count). The van der Waals surface area contributed by atoms with Crippen molar-refractivity contribution in [3.05, 3.63) is 51.2 Å². The lowest BCUT2D eigenvalue weighted by molar-refractivity contribution is -0.146. The summed E-state index contributed by atoms with van der Waals surface area (Å²) in [6.45, 7) is 9.45. The topological polar surface area (TPSA) is 61.8 Å². The fraction of sp³-hybridized carbons (Fsp3) is 0.417. The molecule has 0 heterocycles. The van der Waals surface area contributed by atoms with Gasteiger partial charge in [-0.05, 0) is 41.3 Å². The maximum atomic E-state index is 13.3. The molecule has 5 heteroatoms. The zero-order chi connectivity index (χ0) is 21.5. The molecule has 0 radical (unpaired) electrons. The fourth-order valence-electron chi connectivity index (χ4n) is 4.04. The summed E-state index contributed by atoms with van der Waals surface area (Å²) in [5.74, 6) is 1.01. The van der Waals surface area contributed by atoms with Gasteiger partial charge in [0.05, 0.1) is 14.2 Å². The van der Waals surface area contributed by atoms with Crippen LogP contribution in [0.4, 0.5) is 0 Å². The normalized spacial score (nSPS) is 17.2. The van der Waals surface area contributed by atoms with Crippen LogP contribution in [0.3, 0.4) is 0 Å². The molecule has 0 bridgehead atoms. The zero-order valence-corrected chi connectivity index (χ0v) is 18.1. The highest BCUT2D eigenvalue weighted by Crippen LogP contribution is 2.43. The van der Waals surface area contributed by atoms with Gasteiger partial charge >= 0.3 is 5.97 Å². The van der Waals surface area contributed by atoms with E-state index in [0.717, 1.165) is 16.7 Å². The molecule has 1 aliphatic rings. The van der Waals surface area contributed by atoms with Gasteiger partial charge in [0.25, 0.3) is 0 Å². The molecule has 0 amide bonds. The van der Waals surface area contributed by atoms with E-state index in [1.807, 2.05) is 38.1 Å². The Balaban J connectivity index is 2.41. The average Bonchev–Trinajstić information content (AvgIpc) is 2.79. The van der Waals surface area contributed by atoms with E-state index in [9.17, 15) is 9.59 Å². The van der Waals surface area contributed by atoms with Crippen molar-refractivity contribution in [2.75, 3.05) is 14.2 Å². The lowest BCUT2D eigenvalue weighted by Crippen LogP contribution is -2.38. The van der Waals surface area contributed by atoms with Gasteiger partial charge in [-0.2, -0.15) is 0 Å². The molecule has 2 aromatic rings. The third kappa shape index (κ3) is 3.50. The molecule has 154 valence electrons. The van der Waals surface area contributed by atoms with Crippen LogP contribution in [0, 0.1) is 0 Å². The van der Waals surface area contributed by atoms with E-state index in [1.54, 1.807) is 20.3 Å². The number of methoxy groups -OCH3 is 2. The minimum absolute atomic E-state index is 0.103. The van der Waals surface area contributed by atoms with Crippen LogP contribution in [0.2, 0.25) is 0 Å². The summed E-state index contributed by atoms with van der Waals surface area (Å²) in [5.41, 5.74) is 1.99. The molecular weight excluding hydrogens is 368 g/mol. The summed E-state index contributed by atoms with van der Waals surface area (Å²) in [4.78, 5) is 24.8. The molecule has 0 N–H and O–H groups in total. The number of hydrogen-bond acceptors (Lipinski definition) is 5. The smallest absolute Gasteiger partial charge is 0.303 e. The number of esters is 1. The van der Waals surface area contributed by atoms with Gasteiger partial charge in [0.1, 0.15) is 6.10 Å². The predicted molar refractivity (Wildman–Crippen MR) is 115 cm³/mol. The van der Waals surface area contributed by atoms with E-state index >= 15 is 0 Å². The third-order valence-corrected chi connectivity index (χ3v) is 5.63. The Hall–Kier alpha value is -2.82. The quantitative estimate of drug-likeness (QED) is 0.708. The minimum atomic E-state index is -0.553. The Bertz CT molecular complexity index is 1060. The summed E-state index contributed by atoms with van der Waals surface area (Å²) < 4.78 is 16.8. The van der Waals surface area contributed by atoms with Crippen molar-refractivity contribution in [3.8, 4) is 11.5 Å². The largest absolute Gasteiger partial charge is 0.493 e. The van der Waals surface area contributed by atoms with E-state index in [2.05, 4.69) is 13.8 Å². The molecule has 0 saturated carbocycles. The van der Waals surface area contributed by atoms with Gasteiger partial charge in [-0.25, -0.2) is 0 Å². The van der Waals surface area contributed by atoms with Crippen LogP contribution in [0.1, 0.15) is 57.2 Å². The van der Waals surface area contributed by atoms with E-state index in [0.29, 0.717) is 22.3 Å². The van der Waals surface area contributed by atoms with E-state index in [1.165, 1.54) is 6.92 Å². The highest BCUT2D eigenvalue weighted by atomic mass is 16.5. The highest BCUT2D eigenvalue weighted by Gasteiger charge is 2.36. The number of rotatable bonds is 4. The summed E-state index contributed by atoms with van der Waals surface area (Å²) in [5, 5.41) is 1.28. The molecule has 2 aromatic carbocycles. The summed E-state index contributed by atoms with van der Waals surface area (Å²) in [6.07, 6.45) is 3.32. The molecule has 0 fully saturated rings. The van der Waals surface area contributed by atoms with Crippen LogP contribution in [0.15, 0.2) is 29.1 Å². The maximum absolute atomic E-state index is 13.3. The predicted octanol–water partition coefficient (Wildman–Crippen LogP) is 4.58. The first-order valence-electron chi connectivity index (χ1n) is 9.74. The molecule has 0 saturated heterocycles. The molecule has 29 heavy (non-hydrogen) atoms. The van der Waals surface area contributed by atoms with Crippen LogP contribution in [-0.4, -0.2) is 26.3 Å². The van der Waals surface area contributed by atoms with Crippen molar-refractivity contribution < 1.29 is 19.0 Å². The van der Waals surface area contributed by atoms with Crippen LogP contribution >= 0.6 is 0 Å². The lowest BCUT2D eigenvalue weighted by atomic mass is 9.74. The van der Waals surface area contributed by atoms with Crippen molar-refractivity contribution in [1.82, 2.24) is 0 Å². The maximum Gasteiger partial charge on any atom is 0.303 e. The first-order valence-corrected chi connectivity index (χ1v) is 9.74. The van der Waals surface area contributed by atoms with Crippen molar-refractivity contribution >= 4 is 22.8 Å². The molecule has 0 aromatic heterocycles. The average molecular weight is 396 g/mol. The van der Waals surface area contributed by atoms with Gasteiger partial charge in [0.2, 0.25) is 0 Å². The number of carbonyl (C=O) groups excluding carboxylic acids is 1. The van der Waals surface area contributed by atoms with E-state index in [4.69, 9.17) is 14.2 Å². The summed E-state index contributed by atoms with van der Waals surface area (Å²) in [7, 11) is 3.20.